The smallest absolute Gasteiger partial charge is 0.337 e. The fourth-order valence-electron chi connectivity index (χ4n) is 3.30. The van der Waals surface area contributed by atoms with Crippen LogP contribution < -0.4 is 5.32 Å². The summed E-state index contributed by atoms with van der Waals surface area (Å²) in [5, 5.41) is 20.9. The average molecular weight is 384 g/mol. The van der Waals surface area contributed by atoms with E-state index in [4.69, 9.17) is 0 Å². The van der Waals surface area contributed by atoms with E-state index in [9.17, 15) is 9.90 Å². The Morgan fingerprint density at radius 1 is 1.07 bits per heavy atom. The average Bonchev–Trinajstić information content (AvgIpc) is 3.08. The van der Waals surface area contributed by atoms with Gasteiger partial charge in [-0.2, -0.15) is 5.10 Å². The lowest BCUT2D eigenvalue weighted by Gasteiger charge is -2.09. The number of para-hydroxylation sites is 1. The van der Waals surface area contributed by atoms with E-state index in [1.807, 2.05) is 56.3 Å². The number of rotatable bonds is 5. The van der Waals surface area contributed by atoms with Gasteiger partial charge >= 0.3 is 5.97 Å². The first-order chi connectivity index (χ1) is 14.0. The molecule has 0 saturated heterocycles. The minimum Gasteiger partial charge on any atom is -0.478 e. The summed E-state index contributed by atoms with van der Waals surface area (Å²) in [6.07, 6.45) is 3.89. The van der Waals surface area contributed by atoms with E-state index in [0.717, 1.165) is 33.7 Å². The molecule has 4 rings (SSSR count). The molecule has 0 aliphatic carbocycles. The lowest BCUT2D eigenvalue weighted by molar-refractivity contribution is 0.0698. The third kappa shape index (κ3) is 4.01. The summed E-state index contributed by atoms with van der Waals surface area (Å²) >= 11 is 0. The minimum absolute atomic E-state index is 0.224. The molecule has 0 amide bonds. The Morgan fingerprint density at radius 2 is 1.90 bits per heavy atom. The number of benzene rings is 2. The van der Waals surface area contributed by atoms with Crippen molar-refractivity contribution in [3.63, 3.8) is 0 Å². The predicted octanol–water partition coefficient (Wildman–Crippen LogP) is 5.19. The van der Waals surface area contributed by atoms with Gasteiger partial charge in [-0.05, 0) is 74.0 Å². The van der Waals surface area contributed by atoms with Crippen LogP contribution in [0.5, 0.6) is 0 Å². The van der Waals surface area contributed by atoms with Crippen molar-refractivity contribution in [2.24, 2.45) is 0 Å². The molecule has 0 unspecified atom stereocenters. The van der Waals surface area contributed by atoms with Gasteiger partial charge in [0.15, 0.2) is 0 Å². The van der Waals surface area contributed by atoms with Crippen molar-refractivity contribution in [3.8, 4) is 0 Å². The Bertz CT molecular complexity index is 1220. The maximum atomic E-state index is 11.4. The Hall–Kier alpha value is -3.93. The molecule has 6 nitrogen and oxygen atoms in total. The molecule has 2 aromatic carbocycles. The number of hydrogen-bond acceptors (Lipinski definition) is 4. The number of anilines is 2. The van der Waals surface area contributed by atoms with Gasteiger partial charge in [-0.3, -0.25) is 10.1 Å². The van der Waals surface area contributed by atoms with Gasteiger partial charge in [0.25, 0.3) is 0 Å². The molecule has 0 saturated carbocycles. The highest BCUT2D eigenvalue weighted by Crippen LogP contribution is 2.26. The van der Waals surface area contributed by atoms with Crippen LogP contribution in [0.2, 0.25) is 0 Å². The number of fused-ring (bicyclic) bond motifs is 1. The topological polar surface area (TPSA) is 90.9 Å². The molecular weight excluding hydrogens is 364 g/mol. The van der Waals surface area contributed by atoms with Crippen molar-refractivity contribution in [1.82, 2.24) is 15.2 Å². The Morgan fingerprint density at radius 3 is 2.69 bits per heavy atom. The van der Waals surface area contributed by atoms with Gasteiger partial charge in [-0.15, -0.1) is 0 Å². The molecule has 29 heavy (non-hydrogen) atoms. The van der Waals surface area contributed by atoms with Crippen LogP contribution in [0, 0.1) is 13.8 Å². The number of nitrogens with one attached hydrogen (secondary N) is 2. The Labute approximate surface area is 167 Å². The van der Waals surface area contributed by atoms with E-state index < -0.39 is 5.97 Å². The number of aromatic amines is 1. The number of hydrogen-bond donors (Lipinski definition) is 3. The van der Waals surface area contributed by atoms with Crippen molar-refractivity contribution >= 4 is 40.4 Å². The van der Waals surface area contributed by atoms with Crippen LogP contribution in [-0.4, -0.2) is 26.3 Å². The normalized spacial score (nSPS) is 11.2. The number of carbonyl (C=O) groups is 1. The van der Waals surface area contributed by atoms with Gasteiger partial charge in [0.2, 0.25) is 0 Å². The largest absolute Gasteiger partial charge is 0.478 e. The monoisotopic (exact) mass is 384 g/mol. The van der Waals surface area contributed by atoms with E-state index in [1.165, 1.54) is 5.56 Å². The van der Waals surface area contributed by atoms with Crippen molar-refractivity contribution in [2.75, 3.05) is 5.32 Å². The van der Waals surface area contributed by atoms with Crippen molar-refractivity contribution < 1.29 is 9.90 Å². The van der Waals surface area contributed by atoms with E-state index in [1.54, 1.807) is 24.3 Å². The molecule has 144 valence electrons. The second-order valence-corrected chi connectivity index (χ2v) is 6.89. The van der Waals surface area contributed by atoms with Crippen LogP contribution in [0.15, 0.2) is 54.6 Å². The van der Waals surface area contributed by atoms with Crippen LogP contribution in [-0.2, 0) is 0 Å². The summed E-state index contributed by atoms with van der Waals surface area (Å²) in [5.74, 6) is -0.969. The number of aromatic nitrogens is 3. The molecule has 6 heteroatoms. The molecule has 2 aromatic heterocycles. The van der Waals surface area contributed by atoms with Gasteiger partial charge in [0.05, 0.1) is 28.2 Å². The highest BCUT2D eigenvalue weighted by Gasteiger charge is 2.10. The van der Waals surface area contributed by atoms with Crippen LogP contribution in [0.1, 0.15) is 33.0 Å². The third-order valence-electron chi connectivity index (χ3n) is 4.56. The van der Waals surface area contributed by atoms with Crippen LogP contribution >= 0.6 is 0 Å². The standard InChI is InChI=1S/C23H20N4O2/c1-14-11-15(2)24-16(12-14)8-10-21-18-9-7-17(13-22(18)27-26-21)25-20-6-4-3-5-19(20)23(28)29/h3-13,25H,1-2H3,(H,26,27)(H,28,29). The number of nitrogens with zero attached hydrogens (tertiary/aromatic N) is 2. The number of carboxylic acids is 1. The zero-order valence-electron chi connectivity index (χ0n) is 16.1. The molecule has 0 aliphatic rings. The summed E-state index contributed by atoms with van der Waals surface area (Å²) in [4.78, 5) is 15.9. The zero-order valence-corrected chi connectivity index (χ0v) is 16.1. The number of pyridine rings is 1. The van der Waals surface area contributed by atoms with Gasteiger partial charge in [-0.25, -0.2) is 4.79 Å². The van der Waals surface area contributed by atoms with E-state index in [2.05, 4.69) is 20.5 Å². The molecule has 2 heterocycles. The summed E-state index contributed by atoms with van der Waals surface area (Å²) < 4.78 is 0. The molecular formula is C23H20N4O2. The quantitative estimate of drug-likeness (QED) is 0.441. The number of aromatic carboxylic acids is 1. The molecule has 0 fully saturated rings. The predicted molar refractivity (Wildman–Crippen MR) is 115 cm³/mol. The lowest BCUT2D eigenvalue weighted by Crippen LogP contribution is -2.02. The van der Waals surface area contributed by atoms with E-state index >= 15 is 0 Å². The maximum Gasteiger partial charge on any atom is 0.337 e. The van der Waals surface area contributed by atoms with Crippen molar-refractivity contribution in [3.05, 3.63) is 82.8 Å². The minimum atomic E-state index is -0.969. The Kier molecular flexibility index (Phi) is 4.83. The molecule has 0 bridgehead atoms. The zero-order chi connectivity index (χ0) is 20.4. The maximum absolute atomic E-state index is 11.4. The number of aryl methyl sites for hydroxylation is 2. The van der Waals surface area contributed by atoms with Crippen molar-refractivity contribution in [2.45, 2.75) is 13.8 Å². The molecule has 0 radical (unpaired) electrons. The van der Waals surface area contributed by atoms with Gasteiger partial charge in [0.1, 0.15) is 0 Å². The second kappa shape index (κ2) is 7.59. The summed E-state index contributed by atoms with van der Waals surface area (Å²) in [6, 6.07) is 16.7. The van der Waals surface area contributed by atoms with Gasteiger partial charge in [0, 0.05) is 16.8 Å². The second-order valence-electron chi connectivity index (χ2n) is 6.89. The number of carboxylic acid groups (broad SMARTS) is 1. The molecule has 4 aromatic rings. The highest BCUT2D eigenvalue weighted by molar-refractivity contribution is 5.96. The van der Waals surface area contributed by atoms with E-state index in [0.29, 0.717) is 5.69 Å². The molecule has 0 spiro atoms. The highest BCUT2D eigenvalue weighted by atomic mass is 16.4. The van der Waals surface area contributed by atoms with Gasteiger partial charge < -0.3 is 10.4 Å². The summed E-state index contributed by atoms with van der Waals surface area (Å²) in [7, 11) is 0. The van der Waals surface area contributed by atoms with Crippen LogP contribution in [0.4, 0.5) is 11.4 Å². The first kappa shape index (κ1) is 18.4. The van der Waals surface area contributed by atoms with Crippen LogP contribution in [0.3, 0.4) is 0 Å². The summed E-state index contributed by atoms with van der Waals surface area (Å²) in [6.45, 7) is 4.03. The Balaban J connectivity index is 1.61. The van der Waals surface area contributed by atoms with E-state index in [-0.39, 0.29) is 5.56 Å². The molecule has 0 atom stereocenters. The van der Waals surface area contributed by atoms with Crippen LogP contribution in [0.25, 0.3) is 23.1 Å². The third-order valence-corrected chi connectivity index (χ3v) is 4.56. The first-order valence-electron chi connectivity index (χ1n) is 9.20. The fourth-order valence-corrected chi connectivity index (χ4v) is 3.30. The first-order valence-corrected chi connectivity index (χ1v) is 9.20. The summed E-state index contributed by atoms with van der Waals surface area (Å²) in [5.41, 5.74) is 6.26. The SMILES string of the molecule is Cc1cc(C)nc(C=Cc2n[nH]c3cc(Nc4ccccc4C(=O)O)ccc23)c1. The number of H-pyrrole nitrogens is 1. The molecule has 0 aliphatic heterocycles. The fraction of sp³-hybridized carbons (Fsp3) is 0.0870. The van der Waals surface area contributed by atoms with Crippen molar-refractivity contribution in [1.29, 1.82) is 0 Å². The lowest BCUT2D eigenvalue weighted by atomic mass is 10.1. The molecule has 3 N–H and O–H groups in total. The van der Waals surface area contributed by atoms with Gasteiger partial charge in [-0.1, -0.05) is 12.1 Å².